The molecule has 0 heterocycles. The van der Waals surface area contributed by atoms with Gasteiger partial charge in [0.1, 0.15) is 5.75 Å². The zero-order chi connectivity index (χ0) is 21.5. The van der Waals surface area contributed by atoms with Gasteiger partial charge in [-0.2, -0.15) is 0 Å². The fraction of sp³-hybridized carbons (Fsp3) is 0.348. The molecule has 1 aliphatic carbocycles. The lowest BCUT2D eigenvalue weighted by Gasteiger charge is -2.12. The van der Waals surface area contributed by atoms with Crippen LogP contribution in [0.25, 0.3) is 0 Å². The van der Waals surface area contributed by atoms with Gasteiger partial charge in [-0.3, -0.25) is 14.4 Å². The van der Waals surface area contributed by atoms with E-state index in [9.17, 15) is 14.4 Å². The molecule has 1 fully saturated rings. The molecule has 3 N–H and O–H groups in total. The predicted octanol–water partition coefficient (Wildman–Crippen LogP) is 3.50. The maximum atomic E-state index is 12.3. The van der Waals surface area contributed by atoms with Crippen molar-refractivity contribution in [3.8, 4) is 5.75 Å². The molecule has 7 heteroatoms. The van der Waals surface area contributed by atoms with Gasteiger partial charge in [0, 0.05) is 35.8 Å². The Morgan fingerprint density at radius 2 is 1.77 bits per heavy atom. The van der Waals surface area contributed by atoms with E-state index in [1.807, 2.05) is 19.1 Å². The highest BCUT2D eigenvalue weighted by Gasteiger charge is 2.29. The summed E-state index contributed by atoms with van der Waals surface area (Å²) in [5, 5.41) is 8.58. The lowest BCUT2D eigenvalue weighted by atomic mass is 10.1. The largest absolute Gasteiger partial charge is 0.497 e. The van der Waals surface area contributed by atoms with E-state index in [0.717, 1.165) is 18.4 Å². The highest BCUT2D eigenvalue weighted by Crippen LogP contribution is 2.30. The number of amides is 3. The van der Waals surface area contributed by atoms with Gasteiger partial charge in [0.05, 0.1) is 7.11 Å². The van der Waals surface area contributed by atoms with Crippen molar-refractivity contribution in [2.45, 2.75) is 32.6 Å². The molecule has 0 aromatic heterocycles. The molecule has 2 aromatic carbocycles. The summed E-state index contributed by atoms with van der Waals surface area (Å²) in [5.74, 6) is 0.520. The molecule has 2 aromatic rings. The fourth-order valence-electron chi connectivity index (χ4n) is 2.93. The smallest absolute Gasteiger partial charge is 0.251 e. The summed E-state index contributed by atoms with van der Waals surface area (Å²) in [6.45, 7) is 2.30. The second kappa shape index (κ2) is 9.91. The number of methoxy groups -OCH3 is 1. The van der Waals surface area contributed by atoms with Gasteiger partial charge in [0.2, 0.25) is 11.8 Å². The molecule has 30 heavy (non-hydrogen) atoms. The van der Waals surface area contributed by atoms with Crippen LogP contribution in [0.2, 0.25) is 0 Å². The maximum Gasteiger partial charge on any atom is 0.251 e. The van der Waals surface area contributed by atoms with Crippen molar-refractivity contribution in [2.75, 3.05) is 24.3 Å². The van der Waals surface area contributed by atoms with E-state index in [4.69, 9.17) is 4.74 Å². The summed E-state index contributed by atoms with van der Waals surface area (Å²) in [6.07, 6.45) is 2.68. The van der Waals surface area contributed by atoms with Crippen molar-refractivity contribution >= 4 is 29.1 Å². The third kappa shape index (κ3) is 6.07. The molecular weight excluding hydrogens is 382 g/mol. The monoisotopic (exact) mass is 409 g/mol. The van der Waals surface area contributed by atoms with Crippen molar-refractivity contribution in [2.24, 2.45) is 5.92 Å². The predicted molar refractivity (Wildman–Crippen MR) is 116 cm³/mol. The maximum absolute atomic E-state index is 12.3. The van der Waals surface area contributed by atoms with Crippen LogP contribution in [0.5, 0.6) is 5.75 Å². The van der Waals surface area contributed by atoms with Crippen LogP contribution in [0.4, 0.5) is 11.4 Å². The van der Waals surface area contributed by atoms with E-state index in [1.165, 1.54) is 0 Å². The summed E-state index contributed by atoms with van der Waals surface area (Å²) in [7, 11) is 1.57. The van der Waals surface area contributed by atoms with Gasteiger partial charge in [-0.1, -0.05) is 6.07 Å². The highest BCUT2D eigenvalue weighted by molar-refractivity contribution is 5.96. The topological polar surface area (TPSA) is 96.5 Å². The van der Waals surface area contributed by atoms with Gasteiger partial charge in [0.15, 0.2) is 0 Å². The Balaban J connectivity index is 1.42. The number of benzene rings is 2. The molecule has 0 unspecified atom stereocenters. The molecule has 1 aliphatic rings. The Bertz CT molecular complexity index is 921. The Morgan fingerprint density at radius 1 is 1.03 bits per heavy atom. The van der Waals surface area contributed by atoms with Crippen LogP contribution in [-0.2, 0) is 9.59 Å². The highest BCUT2D eigenvalue weighted by atomic mass is 16.5. The number of anilines is 2. The number of nitrogens with one attached hydrogen (secondary N) is 3. The molecule has 0 saturated heterocycles. The van der Waals surface area contributed by atoms with Gasteiger partial charge in [-0.25, -0.2) is 0 Å². The number of hydrogen-bond donors (Lipinski definition) is 3. The molecular formula is C23H27N3O4. The molecule has 0 spiro atoms. The zero-order valence-corrected chi connectivity index (χ0v) is 17.3. The molecule has 3 amide bonds. The van der Waals surface area contributed by atoms with Crippen LogP contribution in [0.1, 0.15) is 41.6 Å². The van der Waals surface area contributed by atoms with Crippen molar-refractivity contribution < 1.29 is 19.1 Å². The van der Waals surface area contributed by atoms with Gasteiger partial charge >= 0.3 is 0 Å². The number of rotatable bonds is 9. The lowest BCUT2D eigenvalue weighted by Crippen LogP contribution is -2.25. The third-order valence-corrected chi connectivity index (χ3v) is 4.95. The minimum atomic E-state index is -0.187. The first-order chi connectivity index (χ1) is 14.5. The number of carbonyl (C=O) groups excluding carboxylic acids is 3. The standard InChI is InChI=1S/C23H27N3O4/c1-15-5-10-18(25-23(29)17-6-7-17)14-20(15)26-21(27)4-3-13-24-22(28)16-8-11-19(30-2)12-9-16/h5,8-12,14,17H,3-4,6-7,13H2,1-2H3,(H,24,28)(H,25,29)(H,26,27). The van der Waals surface area contributed by atoms with Crippen LogP contribution in [0.3, 0.4) is 0 Å². The number of ether oxygens (including phenoxy) is 1. The Morgan fingerprint density at radius 3 is 2.43 bits per heavy atom. The molecule has 0 aliphatic heterocycles. The van der Waals surface area contributed by atoms with Crippen molar-refractivity contribution in [3.05, 3.63) is 53.6 Å². The Hall–Kier alpha value is -3.35. The van der Waals surface area contributed by atoms with Crippen molar-refractivity contribution in [1.29, 1.82) is 0 Å². The quantitative estimate of drug-likeness (QED) is 0.552. The summed E-state index contributed by atoms with van der Waals surface area (Å²) in [5.41, 5.74) is 2.82. The first-order valence-corrected chi connectivity index (χ1v) is 10.1. The second-order valence-corrected chi connectivity index (χ2v) is 7.43. The van der Waals surface area contributed by atoms with E-state index in [-0.39, 0.29) is 30.1 Å². The lowest BCUT2D eigenvalue weighted by molar-refractivity contribution is -0.117. The van der Waals surface area contributed by atoms with Crippen LogP contribution in [0, 0.1) is 12.8 Å². The van der Waals surface area contributed by atoms with E-state index < -0.39 is 0 Å². The number of aryl methyl sites for hydroxylation is 1. The van der Waals surface area contributed by atoms with E-state index in [1.54, 1.807) is 37.4 Å². The summed E-state index contributed by atoms with van der Waals surface area (Å²) in [4.78, 5) is 36.3. The molecule has 0 bridgehead atoms. The molecule has 1 saturated carbocycles. The second-order valence-electron chi connectivity index (χ2n) is 7.43. The Kier molecular flexibility index (Phi) is 7.06. The summed E-state index contributed by atoms with van der Waals surface area (Å²) in [6, 6.07) is 12.3. The molecule has 0 radical (unpaired) electrons. The fourth-order valence-corrected chi connectivity index (χ4v) is 2.93. The molecule has 0 atom stereocenters. The van der Waals surface area contributed by atoms with E-state index in [2.05, 4.69) is 16.0 Å². The van der Waals surface area contributed by atoms with Crippen LogP contribution in [-0.4, -0.2) is 31.4 Å². The van der Waals surface area contributed by atoms with Gasteiger partial charge < -0.3 is 20.7 Å². The SMILES string of the molecule is COc1ccc(C(=O)NCCCC(=O)Nc2cc(NC(=O)C3CC3)ccc2C)cc1. The summed E-state index contributed by atoms with van der Waals surface area (Å²) < 4.78 is 5.07. The Labute approximate surface area is 176 Å². The van der Waals surface area contributed by atoms with Crippen LogP contribution >= 0.6 is 0 Å². The van der Waals surface area contributed by atoms with Crippen LogP contribution in [0.15, 0.2) is 42.5 Å². The number of carbonyl (C=O) groups is 3. The van der Waals surface area contributed by atoms with Gasteiger partial charge in [-0.15, -0.1) is 0 Å². The minimum Gasteiger partial charge on any atom is -0.497 e. The zero-order valence-electron chi connectivity index (χ0n) is 17.3. The van der Waals surface area contributed by atoms with E-state index in [0.29, 0.717) is 35.7 Å². The minimum absolute atomic E-state index is 0.0312. The average molecular weight is 409 g/mol. The molecule has 7 nitrogen and oxygen atoms in total. The third-order valence-electron chi connectivity index (χ3n) is 4.95. The average Bonchev–Trinajstić information content (AvgIpc) is 3.59. The van der Waals surface area contributed by atoms with Crippen molar-refractivity contribution in [3.63, 3.8) is 0 Å². The van der Waals surface area contributed by atoms with E-state index >= 15 is 0 Å². The molecule has 3 rings (SSSR count). The van der Waals surface area contributed by atoms with Gasteiger partial charge in [-0.05, 0) is 68.1 Å². The number of hydrogen-bond acceptors (Lipinski definition) is 4. The van der Waals surface area contributed by atoms with Gasteiger partial charge in [0.25, 0.3) is 5.91 Å². The first kappa shape index (κ1) is 21.4. The first-order valence-electron chi connectivity index (χ1n) is 10.1. The molecule has 158 valence electrons. The van der Waals surface area contributed by atoms with Crippen molar-refractivity contribution in [1.82, 2.24) is 5.32 Å². The van der Waals surface area contributed by atoms with Crippen LogP contribution < -0.4 is 20.7 Å². The normalized spacial score (nSPS) is 12.7. The summed E-state index contributed by atoms with van der Waals surface area (Å²) >= 11 is 0.